The van der Waals surface area contributed by atoms with Crippen molar-refractivity contribution in [3.8, 4) is 0 Å². The third kappa shape index (κ3) is 5.18. The van der Waals surface area contributed by atoms with Gasteiger partial charge in [-0.05, 0) is 65.3 Å². The van der Waals surface area contributed by atoms with Gasteiger partial charge in [-0.1, -0.05) is 47.5 Å². The number of carbonyl (C=O) groups excluding carboxylic acids is 1. The van der Waals surface area contributed by atoms with Gasteiger partial charge in [0.15, 0.2) is 0 Å². The summed E-state index contributed by atoms with van der Waals surface area (Å²) in [5, 5.41) is 3.11. The van der Waals surface area contributed by atoms with Crippen LogP contribution in [0.4, 0.5) is 11.4 Å². The van der Waals surface area contributed by atoms with E-state index in [-0.39, 0.29) is 4.90 Å². The molecule has 5 nitrogen and oxygen atoms in total. The normalized spacial score (nSPS) is 11.1. The van der Waals surface area contributed by atoms with Gasteiger partial charge in [-0.3, -0.25) is 9.10 Å². The van der Waals surface area contributed by atoms with E-state index in [0.29, 0.717) is 20.9 Å². The highest BCUT2D eigenvalue weighted by Gasteiger charge is 2.27. The van der Waals surface area contributed by atoms with Crippen LogP contribution >= 0.6 is 27.5 Å². The van der Waals surface area contributed by atoms with Crippen LogP contribution in [0.5, 0.6) is 0 Å². The fourth-order valence-electron chi connectivity index (χ4n) is 2.67. The van der Waals surface area contributed by atoms with Crippen molar-refractivity contribution in [3.05, 3.63) is 87.9 Å². The van der Waals surface area contributed by atoms with E-state index in [2.05, 4.69) is 21.2 Å². The van der Waals surface area contributed by atoms with Crippen molar-refractivity contribution >= 4 is 54.8 Å². The van der Waals surface area contributed by atoms with Crippen LogP contribution in [-0.2, 0) is 14.8 Å². The summed E-state index contributed by atoms with van der Waals surface area (Å²) in [6.07, 6.45) is 0. The van der Waals surface area contributed by atoms with E-state index in [4.69, 9.17) is 11.6 Å². The summed E-state index contributed by atoms with van der Waals surface area (Å²) in [6.45, 7) is 1.47. The van der Waals surface area contributed by atoms with Crippen LogP contribution in [0.3, 0.4) is 0 Å². The largest absolute Gasteiger partial charge is 0.323 e. The Morgan fingerprint density at radius 1 is 1.03 bits per heavy atom. The number of hydrogen-bond donors (Lipinski definition) is 1. The standard InChI is InChI=1S/C21H18BrClN2O3S/c1-15-9-11-18(12-10-15)29(27,28)25(17-6-4-5-16(23)13-17)14-21(26)24-20-8-3-2-7-19(20)22/h2-13H,14H2,1H3,(H,24,26). The Hall–Kier alpha value is -2.35. The average Bonchev–Trinajstić information content (AvgIpc) is 2.68. The first-order chi connectivity index (χ1) is 13.8. The second-order valence-corrected chi connectivity index (χ2v) is 9.49. The molecule has 0 spiro atoms. The van der Waals surface area contributed by atoms with E-state index >= 15 is 0 Å². The van der Waals surface area contributed by atoms with Crippen molar-refractivity contribution in [2.75, 3.05) is 16.2 Å². The van der Waals surface area contributed by atoms with Crippen molar-refractivity contribution in [2.45, 2.75) is 11.8 Å². The smallest absolute Gasteiger partial charge is 0.264 e. The number of hydrogen-bond acceptors (Lipinski definition) is 3. The first kappa shape index (κ1) is 21.4. The minimum Gasteiger partial charge on any atom is -0.323 e. The Labute approximate surface area is 183 Å². The minimum absolute atomic E-state index is 0.0942. The van der Waals surface area contributed by atoms with Crippen LogP contribution in [0.1, 0.15) is 5.56 Å². The van der Waals surface area contributed by atoms with Crippen molar-refractivity contribution < 1.29 is 13.2 Å². The van der Waals surface area contributed by atoms with Gasteiger partial charge in [-0.25, -0.2) is 8.42 Å². The molecule has 1 amide bonds. The zero-order valence-electron chi connectivity index (χ0n) is 15.5. The monoisotopic (exact) mass is 492 g/mol. The number of nitrogens with one attached hydrogen (secondary N) is 1. The minimum atomic E-state index is -3.98. The van der Waals surface area contributed by atoms with Gasteiger partial charge in [0.2, 0.25) is 5.91 Å². The Morgan fingerprint density at radius 3 is 2.38 bits per heavy atom. The molecule has 0 heterocycles. The molecular formula is C21H18BrClN2O3S. The third-order valence-corrected chi connectivity index (χ3v) is 6.86. The van der Waals surface area contributed by atoms with Crippen LogP contribution < -0.4 is 9.62 Å². The lowest BCUT2D eigenvalue weighted by Crippen LogP contribution is -2.38. The SMILES string of the molecule is Cc1ccc(S(=O)(=O)N(CC(=O)Nc2ccccc2Br)c2cccc(Cl)c2)cc1. The molecule has 0 aliphatic carbocycles. The van der Waals surface area contributed by atoms with Crippen molar-refractivity contribution in [1.82, 2.24) is 0 Å². The number of anilines is 2. The quantitative estimate of drug-likeness (QED) is 0.510. The number of amides is 1. The maximum absolute atomic E-state index is 13.3. The summed E-state index contributed by atoms with van der Waals surface area (Å²) in [4.78, 5) is 12.8. The Bertz CT molecular complexity index is 1130. The fourth-order valence-corrected chi connectivity index (χ4v) is 4.65. The maximum atomic E-state index is 13.3. The second kappa shape index (κ2) is 8.98. The van der Waals surface area contributed by atoms with Gasteiger partial charge in [0.05, 0.1) is 16.3 Å². The van der Waals surface area contributed by atoms with Crippen LogP contribution in [-0.4, -0.2) is 20.9 Å². The van der Waals surface area contributed by atoms with E-state index in [1.807, 2.05) is 13.0 Å². The van der Waals surface area contributed by atoms with E-state index in [1.54, 1.807) is 48.5 Å². The number of aryl methyl sites for hydroxylation is 1. The molecule has 0 atom stereocenters. The van der Waals surface area contributed by atoms with Gasteiger partial charge in [0.25, 0.3) is 10.0 Å². The molecule has 0 aliphatic heterocycles. The summed E-state index contributed by atoms with van der Waals surface area (Å²) in [6, 6.07) is 20.0. The summed E-state index contributed by atoms with van der Waals surface area (Å²) >= 11 is 9.43. The molecule has 29 heavy (non-hydrogen) atoms. The Balaban J connectivity index is 1.96. The fraction of sp³-hybridized carbons (Fsp3) is 0.0952. The number of sulfonamides is 1. The molecule has 8 heteroatoms. The second-order valence-electron chi connectivity index (χ2n) is 6.33. The molecule has 0 saturated heterocycles. The Kier molecular flexibility index (Phi) is 6.62. The summed E-state index contributed by atoms with van der Waals surface area (Å²) in [5.74, 6) is -0.479. The molecular weight excluding hydrogens is 476 g/mol. The van der Waals surface area contributed by atoms with E-state index in [0.717, 1.165) is 9.87 Å². The highest BCUT2D eigenvalue weighted by atomic mass is 79.9. The highest BCUT2D eigenvalue weighted by Crippen LogP contribution is 2.27. The predicted octanol–water partition coefficient (Wildman–Crippen LogP) is 5.24. The van der Waals surface area contributed by atoms with E-state index in [1.165, 1.54) is 18.2 Å². The molecule has 3 aromatic carbocycles. The highest BCUT2D eigenvalue weighted by molar-refractivity contribution is 9.10. The van der Waals surface area contributed by atoms with Gasteiger partial charge in [0, 0.05) is 9.50 Å². The summed E-state index contributed by atoms with van der Waals surface area (Å²) in [7, 11) is -3.98. The zero-order valence-corrected chi connectivity index (χ0v) is 18.6. The lowest BCUT2D eigenvalue weighted by molar-refractivity contribution is -0.114. The lowest BCUT2D eigenvalue weighted by atomic mass is 10.2. The maximum Gasteiger partial charge on any atom is 0.264 e. The van der Waals surface area contributed by atoms with Gasteiger partial charge < -0.3 is 5.32 Å². The molecule has 0 saturated carbocycles. The number of rotatable bonds is 6. The molecule has 3 rings (SSSR count). The van der Waals surface area contributed by atoms with Crippen LogP contribution in [0.25, 0.3) is 0 Å². The zero-order chi connectivity index (χ0) is 21.0. The van der Waals surface area contributed by atoms with Gasteiger partial charge in [-0.2, -0.15) is 0 Å². The van der Waals surface area contributed by atoms with E-state index in [9.17, 15) is 13.2 Å². The van der Waals surface area contributed by atoms with Gasteiger partial charge >= 0.3 is 0 Å². The molecule has 0 bridgehead atoms. The van der Waals surface area contributed by atoms with E-state index < -0.39 is 22.5 Å². The van der Waals surface area contributed by atoms with Crippen molar-refractivity contribution in [1.29, 1.82) is 0 Å². The Morgan fingerprint density at radius 2 is 1.72 bits per heavy atom. The van der Waals surface area contributed by atoms with Crippen molar-refractivity contribution in [2.24, 2.45) is 0 Å². The van der Waals surface area contributed by atoms with Gasteiger partial charge in [0.1, 0.15) is 6.54 Å². The number of benzene rings is 3. The number of halogens is 2. The third-order valence-electron chi connectivity index (χ3n) is 4.14. The first-order valence-electron chi connectivity index (χ1n) is 8.67. The number of carbonyl (C=O) groups is 1. The predicted molar refractivity (Wildman–Crippen MR) is 120 cm³/mol. The molecule has 0 radical (unpaired) electrons. The first-order valence-corrected chi connectivity index (χ1v) is 11.3. The van der Waals surface area contributed by atoms with Crippen molar-refractivity contribution in [3.63, 3.8) is 0 Å². The van der Waals surface area contributed by atoms with Crippen LogP contribution in [0.2, 0.25) is 5.02 Å². The molecule has 0 aromatic heterocycles. The van der Waals surface area contributed by atoms with Crippen LogP contribution in [0, 0.1) is 6.92 Å². The molecule has 1 N–H and O–H groups in total. The molecule has 0 fully saturated rings. The number of nitrogens with zero attached hydrogens (tertiary/aromatic N) is 1. The molecule has 3 aromatic rings. The van der Waals surface area contributed by atoms with Crippen LogP contribution in [0.15, 0.2) is 82.2 Å². The lowest BCUT2D eigenvalue weighted by Gasteiger charge is -2.24. The average molecular weight is 494 g/mol. The number of para-hydroxylation sites is 1. The molecule has 0 unspecified atom stereocenters. The molecule has 0 aliphatic rings. The van der Waals surface area contributed by atoms with Gasteiger partial charge in [-0.15, -0.1) is 0 Å². The topological polar surface area (TPSA) is 66.5 Å². The molecule has 150 valence electrons. The summed E-state index contributed by atoms with van der Waals surface area (Å²) < 4.78 is 28.4. The summed E-state index contributed by atoms with van der Waals surface area (Å²) in [5.41, 5.74) is 1.79.